The Morgan fingerprint density at radius 2 is 2.25 bits per heavy atom. The van der Waals surface area contributed by atoms with Crippen LogP contribution < -0.4 is 4.74 Å². The van der Waals surface area contributed by atoms with Crippen molar-refractivity contribution >= 4 is 5.91 Å². The molecule has 3 heterocycles. The maximum atomic E-state index is 13.2. The van der Waals surface area contributed by atoms with Crippen LogP contribution in [0.15, 0.2) is 24.3 Å². The van der Waals surface area contributed by atoms with E-state index in [2.05, 4.69) is 11.6 Å². The van der Waals surface area contributed by atoms with Crippen LogP contribution in [0.1, 0.15) is 54.7 Å². The summed E-state index contributed by atoms with van der Waals surface area (Å²) in [5, 5.41) is 4.92. The molecule has 2 aliphatic heterocycles. The van der Waals surface area contributed by atoms with Gasteiger partial charge in [-0.3, -0.25) is 9.48 Å². The van der Waals surface area contributed by atoms with Crippen LogP contribution in [0.2, 0.25) is 0 Å². The average Bonchev–Trinajstić information content (AvgIpc) is 3.12. The molecule has 1 atom stereocenters. The number of piperidine rings is 1. The van der Waals surface area contributed by atoms with Crippen molar-refractivity contribution in [3.8, 4) is 5.75 Å². The predicted molar refractivity (Wildman–Crippen MR) is 106 cm³/mol. The Kier molecular flexibility index (Phi) is 5.67. The van der Waals surface area contributed by atoms with Gasteiger partial charge in [0.25, 0.3) is 0 Å². The number of carbonyl (C=O) groups is 1. The van der Waals surface area contributed by atoms with Crippen LogP contribution in [0.25, 0.3) is 0 Å². The first kappa shape index (κ1) is 19.0. The zero-order chi connectivity index (χ0) is 19.5. The van der Waals surface area contributed by atoms with Crippen molar-refractivity contribution in [3.05, 3.63) is 46.8 Å². The first-order valence-electron chi connectivity index (χ1n) is 10.3. The molecular weight excluding hydrogens is 354 g/mol. The lowest BCUT2D eigenvalue weighted by Crippen LogP contribution is -2.40. The van der Waals surface area contributed by atoms with E-state index in [1.165, 1.54) is 11.3 Å². The molecule has 0 aliphatic carbocycles. The Hall–Kier alpha value is -2.34. The van der Waals surface area contributed by atoms with Gasteiger partial charge in [0.15, 0.2) is 0 Å². The van der Waals surface area contributed by atoms with Crippen LogP contribution in [0.5, 0.6) is 5.75 Å². The van der Waals surface area contributed by atoms with Crippen molar-refractivity contribution in [1.82, 2.24) is 14.7 Å². The monoisotopic (exact) mass is 383 g/mol. The van der Waals surface area contributed by atoms with Gasteiger partial charge in [0.2, 0.25) is 5.91 Å². The molecule has 1 amide bonds. The van der Waals surface area contributed by atoms with Crippen LogP contribution in [0.3, 0.4) is 0 Å². The topological polar surface area (TPSA) is 56.6 Å². The number of aromatic nitrogens is 2. The highest BCUT2D eigenvalue weighted by Crippen LogP contribution is 2.35. The molecule has 1 unspecified atom stereocenters. The van der Waals surface area contributed by atoms with Crippen molar-refractivity contribution < 1.29 is 14.3 Å². The molecule has 1 aromatic heterocycles. The van der Waals surface area contributed by atoms with Gasteiger partial charge in [0.1, 0.15) is 5.75 Å². The van der Waals surface area contributed by atoms with E-state index in [9.17, 15) is 4.79 Å². The first-order chi connectivity index (χ1) is 13.7. The number of hydrogen-bond donors (Lipinski definition) is 0. The molecule has 0 bridgehead atoms. The second-order valence-corrected chi connectivity index (χ2v) is 7.56. The van der Waals surface area contributed by atoms with Gasteiger partial charge < -0.3 is 14.4 Å². The molecule has 0 N–H and O–H groups in total. The predicted octanol–water partition coefficient (Wildman–Crippen LogP) is 3.28. The van der Waals surface area contributed by atoms with E-state index in [0.717, 1.165) is 62.4 Å². The number of aryl methyl sites for hydroxylation is 1. The summed E-state index contributed by atoms with van der Waals surface area (Å²) in [6.45, 7) is 5.13. The lowest BCUT2D eigenvalue weighted by atomic mass is 9.94. The summed E-state index contributed by atoms with van der Waals surface area (Å²) in [6.07, 6.45) is 4.44. The largest absolute Gasteiger partial charge is 0.497 e. The summed E-state index contributed by atoms with van der Waals surface area (Å²) in [6, 6.07) is 7.82. The normalized spacial score (nSPS) is 19.4. The molecule has 1 aromatic carbocycles. The molecule has 4 rings (SSSR count). The Morgan fingerprint density at radius 3 is 3.07 bits per heavy atom. The summed E-state index contributed by atoms with van der Waals surface area (Å²) in [4.78, 5) is 15.3. The SMILES string of the molecule is CCn1nc(C2CCCCN2C(=O)Cc2cccc(OC)c2)c2c1CCOC2. The lowest BCUT2D eigenvalue weighted by Gasteiger charge is -2.35. The third kappa shape index (κ3) is 3.65. The van der Waals surface area contributed by atoms with Crippen LogP contribution in [-0.4, -0.2) is 40.8 Å². The van der Waals surface area contributed by atoms with Gasteiger partial charge in [-0.2, -0.15) is 5.10 Å². The minimum atomic E-state index is 0.0510. The number of rotatable bonds is 5. The number of ether oxygens (including phenoxy) is 2. The molecular formula is C22H29N3O3. The third-order valence-corrected chi connectivity index (χ3v) is 5.85. The van der Waals surface area contributed by atoms with Gasteiger partial charge in [-0.15, -0.1) is 0 Å². The number of carbonyl (C=O) groups excluding carboxylic acids is 1. The van der Waals surface area contributed by atoms with Gasteiger partial charge in [0.05, 0.1) is 38.5 Å². The molecule has 6 heteroatoms. The van der Waals surface area contributed by atoms with Crippen molar-refractivity contribution in [2.75, 3.05) is 20.3 Å². The fraction of sp³-hybridized carbons (Fsp3) is 0.545. The van der Waals surface area contributed by atoms with Crippen molar-refractivity contribution in [2.24, 2.45) is 0 Å². The number of amides is 1. The van der Waals surface area contributed by atoms with E-state index in [1.807, 2.05) is 29.2 Å². The summed E-state index contributed by atoms with van der Waals surface area (Å²) in [5.74, 6) is 0.947. The highest BCUT2D eigenvalue weighted by Gasteiger charge is 2.33. The molecule has 0 radical (unpaired) electrons. The highest BCUT2D eigenvalue weighted by atomic mass is 16.5. The summed E-state index contributed by atoms with van der Waals surface area (Å²) < 4.78 is 13.1. The second kappa shape index (κ2) is 8.35. The van der Waals surface area contributed by atoms with Gasteiger partial charge in [-0.05, 0) is 43.9 Å². The maximum absolute atomic E-state index is 13.2. The Bertz CT molecular complexity index is 846. The fourth-order valence-electron chi connectivity index (χ4n) is 4.44. The van der Waals surface area contributed by atoms with Crippen molar-refractivity contribution in [2.45, 2.75) is 58.2 Å². The Morgan fingerprint density at radius 1 is 1.36 bits per heavy atom. The Labute approximate surface area is 166 Å². The number of fused-ring (bicyclic) bond motifs is 1. The summed E-state index contributed by atoms with van der Waals surface area (Å²) in [7, 11) is 1.65. The van der Waals surface area contributed by atoms with Crippen LogP contribution >= 0.6 is 0 Å². The third-order valence-electron chi connectivity index (χ3n) is 5.85. The molecule has 2 aromatic rings. The summed E-state index contributed by atoms with van der Waals surface area (Å²) in [5.41, 5.74) is 4.53. The molecule has 28 heavy (non-hydrogen) atoms. The lowest BCUT2D eigenvalue weighted by molar-refractivity contribution is -0.134. The molecule has 1 saturated heterocycles. The number of methoxy groups -OCH3 is 1. The minimum absolute atomic E-state index is 0.0510. The van der Waals surface area contributed by atoms with Gasteiger partial charge in [0, 0.05) is 30.8 Å². The standard InChI is InChI=1S/C22H29N3O3/c1-3-25-19-10-12-28-15-18(19)22(23-25)20-9-4-5-11-24(20)21(26)14-16-7-6-8-17(13-16)27-2/h6-8,13,20H,3-5,9-12,14-15H2,1-2H3. The van der Waals surface area contributed by atoms with E-state index in [0.29, 0.717) is 13.0 Å². The smallest absolute Gasteiger partial charge is 0.227 e. The number of benzene rings is 1. The number of likely N-dealkylation sites (tertiary alicyclic amines) is 1. The van der Waals surface area contributed by atoms with Gasteiger partial charge in [-0.25, -0.2) is 0 Å². The quantitative estimate of drug-likeness (QED) is 0.795. The van der Waals surface area contributed by atoms with E-state index in [4.69, 9.17) is 14.6 Å². The van der Waals surface area contributed by atoms with Crippen LogP contribution in [0.4, 0.5) is 0 Å². The number of hydrogen-bond acceptors (Lipinski definition) is 4. The number of nitrogens with zero attached hydrogens (tertiary/aromatic N) is 3. The van der Waals surface area contributed by atoms with Crippen molar-refractivity contribution in [3.63, 3.8) is 0 Å². The van der Waals surface area contributed by atoms with Gasteiger partial charge >= 0.3 is 0 Å². The van der Waals surface area contributed by atoms with Crippen LogP contribution in [0, 0.1) is 0 Å². The molecule has 6 nitrogen and oxygen atoms in total. The maximum Gasteiger partial charge on any atom is 0.227 e. The summed E-state index contributed by atoms with van der Waals surface area (Å²) >= 11 is 0. The molecule has 150 valence electrons. The average molecular weight is 383 g/mol. The van der Waals surface area contributed by atoms with E-state index >= 15 is 0 Å². The first-order valence-corrected chi connectivity index (χ1v) is 10.3. The molecule has 1 fully saturated rings. The van der Waals surface area contributed by atoms with Crippen LogP contribution in [-0.2, 0) is 35.5 Å². The molecule has 0 spiro atoms. The molecule has 0 saturated carbocycles. The zero-order valence-corrected chi connectivity index (χ0v) is 16.8. The fourth-order valence-corrected chi connectivity index (χ4v) is 4.44. The minimum Gasteiger partial charge on any atom is -0.497 e. The Balaban J connectivity index is 1.60. The highest BCUT2D eigenvalue weighted by molar-refractivity contribution is 5.79. The van der Waals surface area contributed by atoms with E-state index < -0.39 is 0 Å². The second-order valence-electron chi connectivity index (χ2n) is 7.56. The van der Waals surface area contributed by atoms with Crippen molar-refractivity contribution in [1.29, 1.82) is 0 Å². The zero-order valence-electron chi connectivity index (χ0n) is 16.8. The van der Waals surface area contributed by atoms with E-state index in [-0.39, 0.29) is 11.9 Å². The van der Waals surface area contributed by atoms with Gasteiger partial charge in [-0.1, -0.05) is 12.1 Å². The van der Waals surface area contributed by atoms with E-state index in [1.54, 1.807) is 7.11 Å². The molecule has 2 aliphatic rings.